The Bertz CT molecular complexity index is 591. The average Bonchev–Trinajstić information content (AvgIpc) is 2.53. The fourth-order valence-corrected chi connectivity index (χ4v) is 2.59. The number of nitrogens with one attached hydrogen (secondary N) is 3. The summed E-state index contributed by atoms with van der Waals surface area (Å²) in [5.74, 6) is 0.801. The maximum absolute atomic E-state index is 11.5. The number of nitrogens with zero attached hydrogens (tertiary/aromatic N) is 1. The van der Waals surface area contributed by atoms with E-state index in [4.69, 9.17) is 11.6 Å². The number of aliphatic imine (C=N–C) groups is 1. The van der Waals surface area contributed by atoms with E-state index in [2.05, 4.69) is 40.9 Å². The van der Waals surface area contributed by atoms with Crippen LogP contribution in [0, 0.1) is 11.3 Å². The zero-order chi connectivity index (χ0) is 18.9. The maximum Gasteiger partial charge on any atom is 0.222 e. The van der Waals surface area contributed by atoms with Gasteiger partial charge in [-0.05, 0) is 29.5 Å². The number of hydrogen-bond acceptors (Lipinski definition) is 2. The van der Waals surface area contributed by atoms with Crippen LogP contribution in [0.4, 0.5) is 0 Å². The molecule has 3 N–H and O–H groups in total. The van der Waals surface area contributed by atoms with E-state index in [1.165, 1.54) is 5.56 Å². The van der Waals surface area contributed by atoms with Crippen LogP contribution in [0.5, 0.6) is 0 Å². The fraction of sp³-hybridized carbons (Fsp3) is 0.579. The molecule has 0 bridgehead atoms. The van der Waals surface area contributed by atoms with Gasteiger partial charge in [-0.1, -0.05) is 51.4 Å². The lowest BCUT2D eigenvalue weighted by Crippen LogP contribution is -2.45. The first-order valence-electron chi connectivity index (χ1n) is 8.70. The van der Waals surface area contributed by atoms with E-state index >= 15 is 0 Å². The lowest BCUT2D eigenvalue weighted by Gasteiger charge is -2.26. The molecule has 5 nitrogen and oxygen atoms in total. The summed E-state index contributed by atoms with van der Waals surface area (Å²) in [7, 11) is 1.74. The third kappa shape index (κ3) is 10.2. The van der Waals surface area contributed by atoms with Crippen molar-refractivity contribution >= 4 is 47.4 Å². The van der Waals surface area contributed by atoms with Crippen molar-refractivity contribution in [2.75, 3.05) is 26.7 Å². The van der Waals surface area contributed by atoms with Crippen LogP contribution in [0.3, 0.4) is 0 Å². The van der Waals surface area contributed by atoms with Gasteiger partial charge in [0.15, 0.2) is 5.96 Å². The van der Waals surface area contributed by atoms with Gasteiger partial charge in [-0.3, -0.25) is 9.79 Å². The Morgan fingerprint density at radius 3 is 2.42 bits per heavy atom. The number of guanidine groups is 1. The Hall–Kier alpha value is -1.02. The summed E-state index contributed by atoms with van der Waals surface area (Å²) < 4.78 is 0. The van der Waals surface area contributed by atoms with Crippen LogP contribution in [0.1, 0.15) is 33.3 Å². The quantitative estimate of drug-likeness (QED) is 0.224. The second-order valence-electron chi connectivity index (χ2n) is 7.27. The number of benzene rings is 1. The number of carbonyl (C=O) groups is 1. The molecule has 0 spiro atoms. The zero-order valence-electron chi connectivity index (χ0n) is 16.4. The van der Waals surface area contributed by atoms with Crippen LogP contribution in [0.15, 0.2) is 29.3 Å². The molecule has 0 aliphatic carbocycles. The first-order valence-corrected chi connectivity index (χ1v) is 9.08. The number of amides is 1. The highest BCUT2D eigenvalue weighted by molar-refractivity contribution is 14.0. The summed E-state index contributed by atoms with van der Waals surface area (Å²) in [5.41, 5.74) is 1.27. The molecule has 148 valence electrons. The van der Waals surface area contributed by atoms with Crippen molar-refractivity contribution in [3.8, 4) is 0 Å². The van der Waals surface area contributed by atoms with E-state index < -0.39 is 0 Å². The monoisotopic (exact) mass is 494 g/mol. The minimum Gasteiger partial charge on any atom is -0.356 e. The molecule has 0 fully saturated rings. The molecule has 7 heteroatoms. The maximum atomic E-state index is 11.5. The first kappa shape index (κ1) is 25.0. The lowest BCUT2D eigenvalue weighted by atomic mass is 9.86. The third-order valence-electron chi connectivity index (χ3n) is 3.77. The lowest BCUT2D eigenvalue weighted by molar-refractivity contribution is -0.123. The number of hydrogen-bond donors (Lipinski definition) is 3. The highest BCUT2D eigenvalue weighted by Gasteiger charge is 2.19. The Kier molecular flexibility index (Phi) is 11.9. The second kappa shape index (κ2) is 12.4. The van der Waals surface area contributed by atoms with Gasteiger partial charge in [0.25, 0.3) is 0 Å². The van der Waals surface area contributed by atoms with E-state index in [0.717, 1.165) is 23.9 Å². The summed E-state index contributed by atoms with van der Waals surface area (Å²) in [6.07, 6.45) is 0.919. The summed E-state index contributed by atoms with van der Waals surface area (Å²) in [4.78, 5) is 15.7. The smallest absolute Gasteiger partial charge is 0.222 e. The van der Waals surface area contributed by atoms with Crippen LogP contribution in [-0.2, 0) is 11.2 Å². The van der Waals surface area contributed by atoms with E-state index in [0.29, 0.717) is 13.1 Å². The molecule has 1 aromatic carbocycles. The summed E-state index contributed by atoms with van der Waals surface area (Å²) in [5, 5.41) is 10.2. The molecule has 0 aromatic heterocycles. The molecular weight excluding hydrogens is 463 g/mol. The Balaban J connectivity index is 0.00000625. The van der Waals surface area contributed by atoms with Crippen LogP contribution in [0.25, 0.3) is 0 Å². The predicted octanol–water partition coefficient (Wildman–Crippen LogP) is 3.46. The van der Waals surface area contributed by atoms with Gasteiger partial charge < -0.3 is 16.0 Å². The Morgan fingerprint density at radius 1 is 1.19 bits per heavy atom. The molecule has 0 radical (unpaired) electrons. The zero-order valence-corrected chi connectivity index (χ0v) is 19.4. The van der Waals surface area contributed by atoms with Crippen molar-refractivity contribution in [2.45, 2.75) is 34.1 Å². The minimum atomic E-state index is 0. The number of halogens is 2. The van der Waals surface area contributed by atoms with E-state index in [9.17, 15) is 4.79 Å². The van der Waals surface area contributed by atoms with Crippen LogP contribution in [0.2, 0.25) is 5.02 Å². The molecule has 1 aromatic rings. The van der Waals surface area contributed by atoms with E-state index in [1.54, 1.807) is 7.05 Å². The highest BCUT2D eigenvalue weighted by Crippen LogP contribution is 2.22. The van der Waals surface area contributed by atoms with E-state index in [1.807, 2.05) is 32.0 Å². The average molecular weight is 495 g/mol. The van der Waals surface area contributed by atoms with Crippen LogP contribution < -0.4 is 16.0 Å². The third-order valence-corrected chi connectivity index (χ3v) is 4.01. The predicted molar refractivity (Wildman–Crippen MR) is 122 cm³/mol. The fourth-order valence-electron chi connectivity index (χ4n) is 2.38. The molecule has 0 atom stereocenters. The van der Waals surface area contributed by atoms with Crippen molar-refractivity contribution < 1.29 is 4.79 Å². The Labute approximate surface area is 179 Å². The largest absolute Gasteiger partial charge is 0.356 e. The van der Waals surface area contributed by atoms with Crippen molar-refractivity contribution in [1.82, 2.24) is 16.0 Å². The summed E-state index contributed by atoms with van der Waals surface area (Å²) in [6.45, 7) is 10.2. The molecule has 0 aliphatic heterocycles. The molecule has 1 rings (SSSR count). The molecule has 0 unspecified atom stereocenters. The molecule has 0 saturated heterocycles. The first-order chi connectivity index (χ1) is 11.7. The number of carbonyl (C=O) groups excluding carboxylic acids is 1. The molecule has 1 amide bonds. The van der Waals surface area contributed by atoms with E-state index in [-0.39, 0.29) is 41.2 Å². The molecule has 0 heterocycles. The van der Waals surface area contributed by atoms with Crippen LogP contribution in [-0.4, -0.2) is 38.5 Å². The molecule has 0 aliphatic rings. The van der Waals surface area contributed by atoms with Gasteiger partial charge in [0, 0.05) is 37.6 Å². The van der Waals surface area contributed by atoms with Crippen molar-refractivity contribution in [3.63, 3.8) is 0 Å². The van der Waals surface area contributed by atoms with Gasteiger partial charge in [-0.15, -0.1) is 24.0 Å². The SMILES string of the molecule is CN=C(NCCNC(=O)C(C)C)NCC(C)(C)Cc1cccc(Cl)c1.I. The summed E-state index contributed by atoms with van der Waals surface area (Å²) >= 11 is 6.06. The van der Waals surface area contributed by atoms with Gasteiger partial charge in [-0.25, -0.2) is 0 Å². The molecule has 26 heavy (non-hydrogen) atoms. The highest BCUT2D eigenvalue weighted by atomic mass is 127. The Morgan fingerprint density at radius 2 is 1.85 bits per heavy atom. The van der Waals surface area contributed by atoms with Crippen LogP contribution >= 0.6 is 35.6 Å². The normalized spacial score (nSPS) is 11.7. The number of rotatable bonds is 8. The van der Waals surface area contributed by atoms with Crippen molar-refractivity contribution in [3.05, 3.63) is 34.9 Å². The van der Waals surface area contributed by atoms with Gasteiger partial charge in [0.1, 0.15) is 0 Å². The van der Waals surface area contributed by atoms with Crippen molar-refractivity contribution in [1.29, 1.82) is 0 Å². The van der Waals surface area contributed by atoms with Crippen molar-refractivity contribution in [2.24, 2.45) is 16.3 Å². The van der Waals surface area contributed by atoms with Gasteiger partial charge >= 0.3 is 0 Å². The van der Waals surface area contributed by atoms with Gasteiger partial charge in [0.05, 0.1) is 0 Å². The second-order valence-corrected chi connectivity index (χ2v) is 7.71. The standard InChI is InChI=1S/C19H31ClN4O.HI/c1-14(2)17(25)22-9-10-23-18(21-5)24-13-19(3,4)12-15-7-6-8-16(20)11-15;/h6-8,11,14H,9-10,12-13H2,1-5H3,(H,22,25)(H2,21,23,24);1H. The molecule has 0 saturated carbocycles. The van der Waals surface area contributed by atoms with Gasteiger partial charge in [0.2, 0.25) is 5.91 Å². The van der Waals surface area contributed by atoms with Gasteiger partial charge in [-0.2, -0.15) is 0 Å². The topological polar surface area (TPSA) is 65.5 Å². The summed E-state index contributed by atoms with van der Waals surface area (Å²) in [6, 6.07) is 7.97. The minimum absolute atomic E-state index is 0. The molecular formula is C19H32ClIN4O.